The van der Waals surface area contributed by atoms with Crippen LogP contribution in [0.4, 0.5) is 15.8 Å². The zero-order valence-corrected chi connectivity index (χ0v) is 18.7. The number of fused-ring (bicyclic) bond motifs is 5. The van der Waals surface area contributed by atoms with Gasteiger partial charge in [-0.3, -0.25) is 5.43 Å². The molecule has 5 heterocycles. The largest absolute Gasteiger partial charge is 0.371 e. The number of anilines is 2. The minimum absolute atomic E-state index is 0.0492. The van der Waals surface area contributed by atoms with Crippen molar-refractivity contribution >= 4 is 17.7 Å². The van der Waals surface area contributed by atoms with E-state index in [0.29, 0.717) is 5.41 Å². The molecule has 1 aromatic heterocycles. The van der Waals surface area contributed by atoms with E-state index in [-0.39, 0.29) is 12.0 Å². The Balaban J connectivity index is 1.25. The quantitative estimate of drug-likeness (QED) is 0.655. The molecule has 0 radical (unpaired) electrons. The van der Waals surface area contributed by atoms with E-state index in [9.17, 15) is 4.39 Å². The number of nitrogens with zero attached hydrogens (tertiary/aromatic N) is 5. The molecule has 4 aliphatic rings. The molecule has 2 saturated heterocycles. The first kappa shape index (κ1) is 19.2. The number of hydrogen-bond acceptors (Lipinski definition) is 5. The van der Waals surface area contributed by atoms with Gasteiger partial charge in [-0.2, -0.15) is 5.10 Å². The van der Waals surface area contributed by atoms with Crippen molar-refractivity contribution in [2.45, 2.75) is 19.1 Å². The second kappa shape index (κ2) is 6.84. The van der Waals surface area contributed by atoms with Gasteiger partial charge in [0.05, 0.1) is 5.69 Å². The van der Waals surface area contributed by atoms with E-state index in [2.05, 4.69) is 67.3 Å². The summed E-state index contributed by atoms with van der Waals surface area (Å²) in [4.78, 5) is 7.21. The van der Waals surface area contributed by atoms with E-state index in [4.69, 9.17) is 0 Å². The third-order valence-corrected chi connectivity index (χ3v) is 7.74. The zero-order valence-electron chi connectivity index (χ0n) is 18.7. The Morgan fingerprint density at radius 1 is 1.03 bits per heavy atom. The van der Waals surface area contributed by atoms with Gasteiger partial charge >= 0.3 is 0 Å². The summed E-state index contributed by atoms with van der Waals surface area (Å²) in [5.74, 6) is -0.213. The highest BCUT2D eigenvalue weighted by Gasteiger charge is 2.46. The van der Waals surface area contributed by atoms with Gasteiger partial charge in [0.25, 0.3) is 0 Å². The number of hydrogen-bond donors (Lipinski definition) is 1. The summed E-state index contributed by atoms with van der Waals surface area (Å²) in [7, 11) is 2.22. The van der Waals surface area contributed by atoms with E-state index in [1.165, 1.54) is 48.6 Å². The van der Waals surface area contributed by atoms with Crippen LogP contribution in [0.1, 0.15) is 23.8 Å². The lowest BCUT2D eigenvalue weighted by Gasteiger charge is -2.46. The maximum atomic E-state index is 13.4. The number of halogens is 1. The van der Waals surface area contributed by atoms with Crippen molar-refractivity contribution in [1.82, 2.24) is 14.9 Å². The second-order valence-electron chi connectivity index (χ2n) is 10.1. The van der Waals surface area contributed by atoms with Crippen LogP contribution in [-0.2, 0) is 6.54 Å². The predicted octanol–water partition coefficient (Wildman–Crippen LogP) is 3.85. The van der Waals surface area contributed by atoms with Gasteiger partial charge in [0.15, 0.2) is 6.17 Å². The van der Waals surface area contributed by atoms with E-state index in [1.54, 1.807) is 0 Å². The number of likely N-dealkylation sites (tertiary alicyclic amines) is 1. The van der Waals surface area contributed by atoms with Crippen molar-refractivity contribution in [3.05, 3.63) is 71.8 Å². The Bertz CT molecular complexity index is 1260. The zero-order chi connectivity index (χ0) is 22.2. The van der Waals surface area contributed by atoms with Crippen LogP contribution in [-0.4, -0.2) is 49.0 Å². The van der Waals surface area contributed by atoms with Crippen LogP contribution >= 0.6 is 0 Å². The maximum Gasteiger partial charge on any atom is 0.161 e. The highest BCUT2D eigenvalue weighted by Crippen LogP contribution is 2.42. The summed E-state index contributed by atoms with van der Waals surface area (Å²) in [6.45, 7) is 5.50. The lowest BCUT2D eigenvalue weighted by molar-refractivity contribution is 0.0424. The summed E-state index contributed by atoms with van der Waals surface area (Å²) in [6.07, 6.45) is 5.30. The molecular weight excluding hydrogens is 415 g/mol. The second-order valence-corrected chi connectivity index (χ2v) is 10.1. The molecule has 1 spiro atoms. The summed E-state index contributed by atoms with van der Waals surface area (Å²) in [6, 6.07) is 15.8. The topological polar surface area (TPSA) is 39.0 Å². The van der Waals surface area contributed by atoms with Gasteiger partial charge in [-0.15, -0.1) is 0 Å². The van der Waals surface area contributed by atoms with Gasteiger partial charge in [0, 0.05) is 55.7 Å². The Labute approximate surface area is 192 Å². The SMILES string of the molecule is CN1CC2(CCN(c3ccc4c(c3)Cn3cc(-c5ccc(F)cc5)cc3C3NN=CN43)C2)C1. The molecule has 0 amide bonds. The molecule has 2 aromatic carbocycles. The Hall–Kier alpha value is -3.32. The van der Waals surface area contributed by atoms with Crippen LogP contribution in [0.25, 0.3) is 11.1 Å². The molecule has 4 aliphatic heterocycles. The van der Waals surface area contributed by atoms with Gasteiger partial charge < -0.3 is 19.3 Å². The molecule has 6 nitrogen and oxygen atoms in total. The third-order valence-electron chi connectivity index (χ3n) is 7.74. The maximum absolute atomic E-state index is 13.4. The summed E-state index contributed by atoms with van der Waals surface area (Å²) in [5, 5.41) is 4.38. The van der Waals surface area contributed by atoms with Crippen molar-refractivity contribution in [3.8, 4) is 11.1 Å². The summed E-state index contributed by atoms with van der Waals surface area (Å²) in [5.41, 5.74) is 10.8. The fraction of sp³-hybridized carbons (Fsp3) is 0.346. The van der Waals surface area contributed by atoms with Crippen LogP contribution in [0, 0.1) is 11.2 Å². The van der Waals surface area contributed by atoms with Crippen LogP contribution in [0.5, 0.6) is 0 Å². The van der Waals surface area contributed by atoms with Crippen molar-refractivity contribution in [3.63, 3.8) is 0 Å². The Morgan fingerprint density at radius 3 is 2.70 bits per heavy atom. The average Bonchev–Trinajstić information content (AvgIpc) is 3.51. The van der Waals surface area contributed by atoms with E-state index in [1.807, 2.05) is 18.5 Å². The minimum atomic E-state index is -0.213. The molecule has 1 atom stereocenters. The monoisotopic (exact) mass is 442 g/mol. The molecule has 33 heavy (non-hydrogen) atoms. The van der Waals surface area contributed by atoms with Crippen molar-refractivity contribution in [2.75, 3.05) is 43.0 Å². The van der Waals surface area contributed by atoms with Crippen LogP contribution in [0.15, 0.2) is 59.8 Å². The van der Waals surface area contributed by atoms with Gasteiger partial charge in [-0.25, -0.2) is 4.39 Å². The third kappa shape index (κ3) is 2.99. The lowest BCUT2D eigenvalue weighted by atomic mass is 9.79. The Morgan fingerprint density at radius 2 is 1.88 bits per heavy atom. The van der Waals surface area contributed by atoms with Gasteiger partial charge in [-0.1, -0.05) is 12.1 Å². The summed E-state index contributed by atoms with van der Waals surface area (Å²) < 4.78 is 15.7. The first-order valence-electron chi connectivity index (χ1n) is 11.7. The fourth-order valence-electron chi connectivity index (χ4n) is 6.24. The molecule has 3 aromatic rings. The van der Waals surface area contributed by atoms with Crippen molar-refractivity contribution < 1.29 is 4.39 Å². The highest BCUT2D eigenvalue weighted by atomic mass is 19.1. The molecule has 0 bridgehead atoms. The van der Waals surface area contributed by atoms with Gasteiger partial charge in [0.1, 0.15) is 12.2 Å². The van der Waals surface area contributed by atoms with Crippen molar-refractivity contribution in [2.24, 2.45) is 10.5 Å². The molecule has 7 heteroatoms. The van der Waals surface area contributed by atoms with E-state index >= 15 is 0 Å². The standard InChI is InChI=1S/C26H27FN6/c1-30-14-26(15-30)8-9-31(16-26)22-6-7-23-20(10-22)13-32-12-19(18-2-4-21(27)5-3-18)11-24(32)25-29-28-17-33(23)25/h2-7,10-12,17,25,29H,8-9,13-16H2,1H3. The molecule has 168 valence electrons. The van der Waals surface area contributed by atoms with Crippen LogP contribution in [0.3, 0.4) is 0 Å². The normalized spacial score (nSPS) is 22.5. The molecule has 2 fully saturated rings. The molecule has 0 aliphatic carbocycles. The van der Waals surface area contributed by atoms with Crippen LogP contribution < -0.4 is 15.2 Å². The van der Waals surface area contributed by atoms with Gasteiger partial charge in [0.2, 0.25) is 0 Å². The fourth-order valence-corrected chi connectivity index (χ4v) is 6.24. The highest BCUT2D eigenvalue weighted by molar-refractivity contribution is 5.85. The molecule has 0 saturated carbocycles. The number of rotatable bonds is 2. The molecule has 7 rings (SSSR count). The minimum Gasteiger partial charge on any atom is -0.371 e. The van der Waals surface area contributed by atoms with Gasteiger partial charge in [-0.05, 0) is 66.6 Å². The van der Waals surface area contributed by atoms with E-state index < -0.39 is 0 Å². The molecular formula is C26H27FN6. The smallest absolute Gasteiger partial charge is 0.161 e. The number of hydrazone groups is 1. The summed E-state index contributed by atoms with van der Waals surface area (Å²) >= 11 is 0. The number of benzene rings is 2. The first-order chi connectivity index (χ1) is 16.1. The average molecular weight is 443 g/mol. The van der Waals surface area contributed by atoms with E-state index in [0.717, 1.165) is 36.5 Å². The number of aromatic nitrogens is 1. The van der Waals surface area contributed by atoms with Crippen molar-refractivity contribution in [1.29, 1.82) is 0 Å². The molecule has 1 N–H and O–H groups in total. The number of nitrogens with one attached hydrogen (secondary N) is 1. The van der Waals surface area contributed by atoms with Crippen LogP contribution in [0.2, 0.25) is 0 Å². The predicted molar refractivity (Wildman–Crippen MR) is 129 cm³/mol. The Kier molecular flexibility index (Phi) is 3.97. The molecule has 1 unspecified atom stereocenters. The first-order valence-corrected chi connectivity index (χ1v) is 11.7. The lowest BCUT2D eigenvalue weighted by Crippen LogP contribution is -2.55.